The van der Waals surface area contributed by atoms with E-state index in [1.54, 1.807) is 0 Å². The Labute approximate surface area is 88.2 Å². The first kappa shape index (κ1) is 24.8. The molecular weight excluding hydrogens is 247 g/mol. The average molecular weight is 255 g/mol. The van der Waals surface area contributed by atoms with Crippen molar-refractivity contribution in [1.82, 2.24) is 0 Å². The highest BCUT2D eigenvalue weighted by Gasteiger charge is 1.98. The number of hydrogen-bond acceptors (Lipinski definition) is 8. The third kappa shape index (κ3) is 18900. The lowest BCUT2D eigenvalue weighted by atomic mass is 10.3. The molecule has 16 heavy (non-hydrogen) atoms. The Hall–Kier alpha value is -0.340. The van der Waals surface area contributed by atoms with Crippen molar-refractivity contribution in [2.75, 3.05) is 0 Å². The largest absolute Gasteiger partial charge is 0.674 e. The van der Waals surface area contributed by atoms with E-state index in [0.717, 1.165) is 0 Å². The summed E-state index contributed by atoms with van der Waals surface area (Å²) >= 11 is 0. The molecule has 0 fully saturated rings. The van der Waals surface area contributed by atoms with Crippen LogP contribution in [0.1, 0.15) is 0 Å². The Balaban J connectivity index is -0.0000000600. The fraction of sp³-hybridized carbons (Fsp3) is 0. The van der Waals surface area contributed by atoms with E-state index in [-0.39, 0.29) is 0 Å². The van der Waals surface area contributed by atoms with Gasteiger partial charge in [0.1, 0.15) is 0 Å². The van der Waals surface area contributed by atoms with Gasteiger partial charge in [-0.1, -0.05) is 0 Å². The predicted octanol–water partition coefficient (Wildman–Crippen LogP) is -4.30. The molecule has 0 heterocycles. The SMILES string of the molecule is OB(O)F.OB(O)F.OB(O)F.OB(O)F. The molecule has 0 aliphatic carbocycles. The van der Waals surface area contributed by atoms with Gasteiger partial charge < -0.3 is 40.2 Å². The molecule has 0 spiro atoms. The maximum atomic E-state index is 10.1. The minimum absolute atomic E-state index is 2.67. The van der Waals surface area contributed by atoms with Gasteiger partial charge in [-0.15, -0.1) is 0 Å². The average Bonchev–Trinajstić information content (AvgIpc) is 1.76. The molecule has 0 aromatic carbocycles. The second-order valence-electron chi connectivity index (χ2n) is 1.24. The van der Waals surface area contributed by atoms with Crippen molar-refractivity contribution < 1.29 is 57.5 Å². The summed E-state index contributed by atoms with van der Waals surface area (Å²) in [5.74, 6) is 0. The standard InChI is InChI=1S/4BFH2O2/c4*2-1(3)4/h4*3-4H. The maximum Gasteiger partial charge on any atom is 0.674 e. The normalized spacial score (nSPS) is 6.75. The number of halogens is 4. The van der Waals surface area contributed by atoms with Crippen molar-refractivity contribution >= 4 is 29.6 Å². The topological polar surface area (TPSA) is 162 Å². The first-order valence-electron chi connectivity index (χ1n) is 2.94. The van der Waals surface area contributed by atoms with Crippen molar-refractivity contribution in [2.24, 2.45) is 0 Å². The van der Waals surface area contributed by atoms with Gasteiger partial charge in [-0.05, 0) is 0 Å². The Morgan fingerprint density at radius 1 is 0.375 bits per heavy atom. The highest BCUT2D eigenvalue weighted by atomic mass is 19.1. The lowest BCUT2D eigenvalue weighted by Crippen LogP contribution is -1.98. The Kier molecular flexibility index (Phi) is 31.1. The predicted molar refractivity (Wildman–Crippen MR) is 45.2 cm³/mol. The Morgan fingerprint density at radius 2 is 0.375 bits per heavy atom. The summed E-state index contributed by atoms with van der Waals surface area (Å²) in [6.07, 6.45) is 0. The molecule has 0 amide bonds. The fourth-order valence-corrected chi connectivity index (χ4v) is 0. The highest BCUT2D eigenvalue weighted by Crippen LogP contribution is 1.58. The summed E-state index contributed by atoms with van der Waals surface area (Å²) in [6, 6.07) is 0. The first-order chi connectivity index (χ1) is 6.93. The van der Waals surface area contributed by atoms with Gasteiger partial charge in [0.15, 0.2) is 0 Å². The molecule has 8 nitrogen and oxygen atoms in total. The van der Waals surface area contributed by atoms with E-state index in [4.69, 9.17) is 40.2 Å². The van der Waals surface area contributed by atoms with Gasteiger partial charge in [0.25, 0.3) is 0 Å². The van der Waals surface area contributed by atoms with Gasteiger partial charge >= 0.3 is 29.6 Å². The molecule has 0 aliphatic heterocycles. The molecule has 96 valence electrons. The first-order valence-corrected chi connectivity index (χ1v) is 2.94. The molecular formula is H8B4F4O8. The van der Waals surface area contributed by atoms with Gasteiger partial charge in [0, 0.05) is 0 Å². The van der Waals surface area contributed by atoms with E-state index in [2.05, 4.69) is 0 Å². The molecule has 0 aromatic heterocycles. The molecule has 0 rings (SSSR count). The van der Waals surface area contributed by atoms with Crippen LogP contribution < -0.4 is 0 Å². The van der Waals surface area contributed by atoms with Crippen LogP contribution in [0.15, 0.2) is 0 Å². The minimum atomic E-state index is -2.67. The summed E-state index contributed by atoms with van der Waals surface area (Å²) in [5, 5.41) is 55.6. The van der Waals surface area contributed by atoms with Crippen molar-refractivity contribution in [3.8, 4) is 0 Å². The van der Waals surface area contributed by atoms with Crippen LogP contribution in [0.2, 0.25) is 0 Å². The second-order valence-corrected chi connectivity index (χ2v) is 1.24. The van der Waals surface area contributed by atoms with E-state index in [1.165, 1.54) is 0 Å². The molecule has 0 unspecified atom stereocenters. The summed E-state index contributed by atoms with van der Waals surface area (Å²) in [6.45, 7) is 0. The van der Waals surface area contributed by atoms with Crippen LogP contribution in [0.25, 0.3) is 0 Å². The quantitative estimate of drug-likeness (QED) is 0.159. The molecule has 0 bridgehead atoms. The van der Waals surface area contributed by atoms with Crippen molar-refractivity contribution in [1.29, 1.82) is 0 Å². The number of hydrogen-bond donors (Lipinski definition) is 8. The van der Waals surface area contributed by atoms with Crippen LogP contribution >= 0.6 is 0 Å². The summed E-state index contributed by atoms with van der Waals surface area (Å²) in [5.41, 5.74) is 0. The Morgan fingerprint density at radius 3 is 0.375 bits per heavy atom. The third-order valence-corrected chi connectivity index (χ3v) is 0. The molecule has 0 aromatic rings. The van der Waals surface area contributed by atoms with Gasteiger partial charge in [-0.3, -0.25) is 17.3 Å². The lowest BCUT2D eigenvalue weighted by Gasteiger charge is -1.65. The highest BCUT2D eigenvalue weighted by molar-refractivity contribution is 6.32. The van der Waals surface area contributed by atoms with Crippen LogP contribution in [0.4, 0.5) is 17.3 Å². The summed E-state index contributed by atoms with van der Waals surface area (Å²) in [4.78, 5) is 0. The van der Waals surface area contributed by atoms with Crippen LogP contribution in [-0.2, 0) is 0 Å². The molecule has 0 atom stereocenters. The molecule has 0 saturated heterocycles. The van der Waals surface area contributed by atoms with E-state index in [9.17, 15) is 17.3 Å². The van der Waals surface area contributed by atoms with Crippen LogP contribution in [0, 0.1) is 0 Å². The van der Waals surface area contributed by atoms with E-state index >= 15 is 0 Å². The zero-order valence-corrected chi connectivity index (χ0v) is 7.40. The third-order valence-electron chi connectivity index (χ3n) is 0. The molecule has 0 saturated carbocycles. The molecule has 16 heteroatoms. The van der Waals surface area contributed by atoms with E-state index in [0.29, 0.717) is 0 Å². The van der Waals surface area contributed by atoms with Crippen molar-refractivity contribution in [3.63, 3.8) is 0 Å². The van der Waals surface area contributed by atoms with E-state index < -0.39 is 29.6 Å². The van der Waals surface area contributed by atoms with E-state index in [1.807, 2.05) is 0 Å². The molecule has 0 radical (unpaired) electrons. The van der Waals surface area contributed by atoms with Gasteiger partial charge in [-0.25, -0.2) is 0 Å². The monoisotopic (exact) mass is 256 g/mol. The van der Waals surface area contributed by atoms with Gasteiger partial charge in [-0.2, -0.15) is 0 Å². The van der Waals surface area contributed by atoms with Crippen LogP contribution in [-0.4, -0.2) is 69.8 Å². The second kappa shape index (κ2) is 20.1. The summed E-state index contributed by atoms with van der Waals surface area (Å²) < 4.78 is 40.4. The smallest absolute Gasteiger partial charge is 0.398 e. The molecule has 0 aliphatic rings. The zero-order chi connectivity index (χ0) is 14.3. The van der Waals surface area contributed by atoms with Gasteiger partial charge in [0.2, 0.25) is 0 Å². The zero-order valence-electron chi connectivity index (χ0n) is 7.40. The maximum absolute atomic E-state index is 10.1. The minimum Gasteiger partial charge on any atom is -0.398 e. The summed E-state index contributed by atoms with van der Waals surface area (Å²) in [7, 11) is -10.7. The lowest BCUT2D eigenvalue weighted by molar-refractivity contribution is 0.338. The van der Waals surface area contributed by atoms with Crippen LogP contribution in [0.5, 0.6) is 0 Å². The fourth-order valence-electron chi connectivity index (χ4n) is 0. The van der Waals surface area contributed by atoms with Crippen molar-refractivity contribution in [2.45, 2.75) is 0 Å². The Bertz CT molecular complexity index is 67.0. The van der Waals surface area contributed by atoms with Gasteiger partial charge in [0.05, 0.1) is 0 Å². The molecule has 8 N–H and O–H groups in total. The number of rotatable bonds is 0. The van der Waals surface area contributed by atoms with Crippen molar-refractivity contribution in [3.05, 3.63) is 0 Å². The van der Waals surface area contributed by atoms with Crippen LogP contribution in [0.3, 0.4) is 0 Å².